The molecule has 0 aromatic carbocycles. The lowest BCUT2D eigenvalue weighted by Gasteiger charge is -1.99. The summed E-state index contributed by atoms with van der Waals surface area (Å²) in [5, 5.41) is 9.04. The molecule has 2 heteroatoms. The van der Waals surface area contributed by atoms with E-state index >= 15 is 0 Å². The van der Waals surface area contributed by atoms with Crippen molar-refractivity contribution in [2.75, 3.05) is 0 Å². The van der Waals surface area contributed by atoms with E-state index in [-0.39, 0.29) is 12.1 Å². The smallest absolute Gasteiger partial charge is 0.230 e. The highest BCUT2D eigenvalue weighted by atomic mass is 16.3. The normalized spacial score (nSPS) is 54.2. The molecule has 0 saturated heterocycles. The molecule has 0 spiro atoms. The highest BCUT2D eigenvalue weighted by Crippen LogP contribution is 2.53. The van der Waals surface area contributed by atoms with Crippen molar-refractivity contribution in [2.45, 2.75) is 25.0 Å². The Bertz CT molecular complexity index is 160. The molecule has 2 nitrogen and oxygen atoms in total. The molecule has 2 unspecified atom stereocenters. The standard InChI is InChI=1S/C7H9NO/c1-8-7-5-2-4(9)3-6(5)7/h4-7,9H,2-3H2/t4?,5-,6+,7?. The second-order valence-corrected chi connectivity index (χ2v) is 3.07. The van der Waals surface area contributed by atoms with Crippen LogP contribution in [0.5, 0.6) is 0 Å². The van der Waals surface area contributed by atoms with E-state index in [2.05, 4.69) is 4.85 Å². The van der Waals surface area contributed by atoms with Gasteiger partial charge in [-0.3, -0.25) is 0 Å². The largest absolute Gasteiger partial charge is 0.393 e. The minimum Gasteiger partial charge on any atom is -0.393 e. The number of aliphatic hydroxyl groups is 1. The monoisotopic (exact) mass is 123 g/mol. The predicted molar refractivity (Wildman–Crippen MR) is 32.6 cm³/mol. The van der Waals surface area contributed by atoms with Crippen molar-refractivity contribution < 1.29 is 5.11 Å². The maximum atomic E-state index is 9.04. The molecule has 2 fully saturated rings. The average Bonchev–Trinajstić information content (AvgIpc) is 2.30. The number of aliphatic hydroxyl groups excluding tert-OH is 1. The third-order valence-corrected chi connectivity index (χ3v) is 2.52. The third-order valence-electron chi connectivity index (χ3n) is 2.52. The van der Waals surface area contributed by atoms with Crippen LogP contribution in [0.4, 0.5) is 0 Å². The molecule has 0 aliphatic heterocycles. The fourth-order valence-corrected chi connectivity index (χ4v) is 1.97. The van der Waals surface area contributed by atoms with Crippen LogP contribution in [0.25, 0.3) is 4.85 Å². The van der Waals surface area contributed by atoms with Crippen LogP contribution in [0.15, 0.2) is 0 Å². The first-order chi connectivity index (χ1) is 4.33. The van der Waals surface area contributed by atoms with Crippen LogP contribution in [0.2, 0.25) is 0 Å². The van der Waals surface area contributed by atoms with Crippen molar-refractivity contribution in [3.63, 3.8) is 0 Å². The van der Waals surface area contributed by atoms with Gasteiger partial charge in [-0.05, 0) is 12.8 Å². The molecule has 0 radical (unpaired) electrons. The SMILES string of the molecule is [C-]#[N+]C1[C@H]2CC(O)C[C@@H]12. The summed E-state index contributed by atoms with van der Waals surface area (Å²) in [6, 6.07) is 0.286. The van der Waals surface area contributed by atoms with Gasteiger partial charge in [0, 0.05) is 11.8 Å². The van der Waals surface area contributed by atoms with E-state index in [0.717, 1.165) is 12.8 Å². The van der Waals surface area contributed by atoms with Crippen molar-refractivity contribution in [2.24, 2.45) is 11.8 Å². The minimum absolute atomic E-state index is 0.0852. The molecule has 0 amide bonds. The van der Waals surface area contributed by atoms with Gasteiger partial charge in [0.15, 0.2) is 0 Å². The summed E-state index contributed by atoms with van der Waals surface area (Å²) in [4.78, 5) is 3.46. The van der Waals surface area contributed by atoms with Crippen LogP contribution >= 0.6 is 0 Å². The van der Waals surface area contributed by atoms with Gasteiger partial charge in [0.1, 0.15) is 0 Å². The molecule has 9 heavy (non-hydrogen) atoms. The Labute approximate surface area is 54.3 Å². The molecule has 0 aromatic rings. The Morgan fingerprint density at radius 2 is 1.89 bits per heavy atom. The van der Waals surface area contributed by atoms with Gasteiger partial charge < -0.3 is 9.95 Å². The van der Waals surface area contributed by atoms with E-state index in [4.69, 9.17) is 11.7 Å². The van der Waals surface area contributed by atoms with E-state index in [0.29, 0.717) is 11.8 Å². The van der Waals surface area contributed by atoms with E-state index < -0.39 is 0 Å². The highest BCUT2D eigenvalue weighted by Gasteiger charge is 2.62. The summed E-state index contributed by atoms with van der Waals surface area (Å²) < 4.78 is 0. The van der Waals surface area contributed by atoms with Crippen molar-refractivity contribution in [1.29, 1.82) is 0 Å². The van der Waals surface area contributed by atoms with Gasteiger partial charge in [-0.25, -0.2) is 6.57 Å². The molecule has 2 aliphatic rings. The Morgan fingerprint density at radius 1 is 1.33 bits per heavy atom. The topological polar surface area (TPSA) is 24.6 Å². The minimum atomic E-state index is -0.0852. The Balaban J connectivity index is 2.00. The molecular formula is C7H9NO. The second kappa shape index (κ2) is 1.48. The maximum Gasteiger partial charge on any atom is 0.230 e. The summed E-state index contributed by atoms with van der Waals surface area (Å²) in [6.45, 7) is 6.73. The van der Waals surface area contributed by atoms with Crippen LogP contribution in [0.1, 0.15) is 12.8 Å². The van der Waals surface area contributed by atoms with Gasteiger partial charge in [-0.15, -0.1) is 0 Å². The summed E-state index contributed by atoms with van der Waals surface area (Å²) in [7, 11) is 0. The first kappa shape index (κ1) is 5.25. The zero-order chi connectivity index (χ0) is 6.43. The lowest BCUT2D eigenvalue weighted by molar-refractivity contribution is 0.167. The zero-order valence-electron chi connectivity index (χ0n) is 5.12. The lowest BCUT2D eigenvalue weighted by atomic mass is 10.2. The molecule has 4 atom stereocenters. The molecule has 0 aromatic heterocycles. The maximum absolute atomic E-state index is 9.04. The van der Waals surface area contributed by atoms with E-state index in [9.17, 15) is 0 Å². The summed E-state index contributed by atoms with van der Waals surface area (Å²) in [5.41, 5.74) is 0. The molecule has 0 bridgehead atoms. The van der Waals surface area contributed by atoms with Gasteiger partial charge in [-0.1, -0.05) is 0 Å². The van der Waals surface area contributed by atoms with Crippen LogP contribution in [-0.2, 0) is 0 Å². The molecule has 0 heterocycles. The fraction of sp³-hybridized carbons (Fsp3) is 0.857. The number of rotatable bonds is 0. The number of fused-ring (bicyclic) bond motifs is 1. The first-order valence-corrected chi connectivity index (χ1v) is 3.37. The molecular weight excluding hydrogens is 114 g/mol. The van der Waals surface area contributed by atoms with E-state index in [1.165, 1.54) is 0 Å². The predicted octanol–water partition coefficient (Wildman–Crippen LogP) is 0.675. The quantitative estimate of drug-likeness (QED) is 0.470. The second-order valence-electron chi connectivity index (χ2n) is 3.07. The van der Waals surface area contributed by atoms with E-state index in [1.54, 1.807) is 0 Å². The first-order valence-electron chi connectivity index (χ1n) is 3.37. The van der Waals surface area contributed by atoms with Crippen molar-refractivity contribution >= 4 is 0 Å². The molecule has 2 rings (SSSR count). The molecule has 1 N–H and O–H groups in total. The fourth-order valence-electron chi connectivity index (χ4n) is 1.97. The number of hydrogen-bond acceptors (Lipinski definition) is 1. The molecule has 2 saturated carbocycles. The molecule has 48 valence electrons. The van der Waals surface area contributed by atoms with Gasteiger partial charge in [0.25, 0.3) is 0 Å². The highest BCUT2D eigenvalue weighted by molar-refractivity contribution is 5.14. The zero-order valence-corrected chi connectivity index (χ0v) is 5.12. The summed E-state index contributed by atoms with van der Waals surface area (Å²) in [6.07, 6.45) is 1.69. The Morgan fingerprint density at radius 3 is 2.33 bits per heavy atom. The van der Waals surface area contributed by atoms with Gasteiger partial charge in [0.2, 0.25) is 6.04 Å². The van der Waals surface area contributed by atoms with Gasteiger partial charge in [-0.2, -0.15) is 0 Å². The average molecular weight is 123 g/mol. The van der Waals surface area contributed by atoms with Crippen LogP contribution in [0, 0.1) is 18.4 Å². The van der Waals surface area contributed by atoms with Crippen LogP contribution < -0.4 is 0 Å². The van der Waals surface area contributed by atoms with Gasteiger partial charge in [0.05, 0.1) is 6.10 Å². The Hall–Kier alpha value is -0.550. The lowest BCUT2D eigenvalue weighted by Crippen LogP contribution is -2.05. The van der Waals surface area contributed by atoms with Crippen molar-refractivity contribution in [3.8, 4) is 0 Å². The van der Waals surface area contributed by atoms with Crippen molar-refractivity contribution in [3.05, 3.63) is 11.4 Å². The van der Waals surface area contributed by atoms with Crippen molar-refractivity contribution in [1.82, 2.24) is 0 Å². The van der Waals surface area contributed by atoms with Crippen LogP contribution in [0.3, 0.4) is 0 Å². The number of nitrogens with zero attached hydrogens (tertiary/aromatic N) is 1. The molecule has 2 aliphatic carbocycles. The van der Waals surface area contributed by atoms with Crippen LogP contribution in [-0.4, -0.2) is 17.3 Å². The summed E-state index contributed by atoms with van der Waals surface area (Å²) >= 11 is 0. The van der Waals surface area contributed by atoms with Gasteiger partial charge >= 0.3 is 0 Å². The Kier molecular flexibility index (Phi) is 0.866. The summed E-state index contributed by atoms with van der Waals surface area (Å²) in [5.74, 6) is 1.13. The van der Waals surface area contributed by atoms with E-state index in [1.807, 2.05) is 0 Å². The third kappa shape index (κ3) is 0.585. The number of hydrogen-bond donors (Lipinski definition) is 1.